The van der Waals surface area contributed by atoms with Gasteiger partial charge in [0.25, 0.3) is 5.91 Å². The molecule has 0 saturated heterocycles. The van der Waals surface area contributed by atoms with Crippen molar-refractivity contribution in [2.45, 2.75) is 19.4 Å². The number of nitrogen functional groups attached to an aromatic ring is 1. The monoisotopic (exact) mass is 261 g/mol. The minimum Gasteiger partial charge on any atom is -0.399 e. The number of nitrogens with two attached hydrogens (primary N) is 1. The molecule has 1 amide bonds. The Morgan fingerprint density at radius 3 is 2.95 bits per heavy atom. The summed E-state index contributed by atoms with van der Waals surface area (Å²) in [5, 5.41) is 10.1. The summed E-state index contributed by atoms with van der Waals surface area (Å²) in [6.07, 6.45) is 1.85. The molecule has 0 fully saturated rings. The first kappa shape index (κ1) is 13.4. The van der Waals surface area contributed by atoms with Crippen LogP contribution in [0, 0.1) is 0 Å². The predicted molar refractivity (Wildman–Crippen MR) is 76.0 cm³/mol. The van der Waals surface area contributed by atoms with Gasteiger partial charge in [-0.3, -0.25) is 4.79 Å². The van der Waals surface area contributed by atoms with E-state index in [9.17, 15) is 9.90 Å². The van der Waals surface area contributed by atoms with Gasteiger partial charge in [0.2, 0.25) is 0 Å². The molecule has 5 nitrogen and oxygen atoms in total. The molecule has 5 heteroatoms. The normalized spacial score (nSPS) is 12.6. The molecule has 0 bridgehead atoms. The van der Waals surface area contributed by atoms with Crippen molar-refractivity contribution >= 4 is 22.5 Å². The number of carbonyl (C=O) groups excluding carboxylic acids is 1. The minimum absolute atomic E-state index is 0.0718. The van der Waals surface area contributed by atoms with Crippen LogP contribution in [0.2, 0.25) is 0 Å². The highest BCUT2D eigenvalue weighted by Crippen LogP contribution is 2.22. The summed E-state index contributed by atoms with van der Waals surface area (Å²) in [5.74, 6) is -0.0718. The third-order valence-electron chi connectivity index (χ3n) is 3.17. The van der Waals surface area contributed by atoms with Crippen LogP contribution >= 0.6 is 0 Å². The number of aliphatic hydroxyl groups excluding tert-OH is 1. The van der Waals surface area contributed by atoms with Crippen LogP contribution in [0.4, 0.5) is 5.69 Å². The summed E-state index contributed by atoms with van der Waals surface area (Å²) >= 11 is 0. The first-order valence-corrected chi connectivity index (χ1v) is 6.29. The van der Waals surface area contributed by atoms with Crippen LogP contribution in [-0.2, 0) is 0 Å². The average molecular weight is 261 g/mol. The summed E-state index contributed by atoms with van der Waals surface area (Å²) in [7, 11) is 1.73. The Balaban J connectivity index is 2.23. The van der Waals surface area contributed by atoms with Gasteiger partial charge in [-0.05, 0) is 31.5 Å². The molecule has 0 spiro atoms. The Morgan fingerprint density at radius 1 is 1.53 bits per heavy atom. The summed E-state index contributed by atoms with van der Waals surface area (Å²) in [6.45, 7) is 2.23. The number of rotatable bonds is 4. The van der Waals surface area contributed by atoms with E-state index in [1.54, 1.807) is 37.2 Å². The molecule has 4 N–H and O–H groups in total. The van der Waals surface area contributed by atoms with Crippen molar-refractivity contribution < 1.29 is 9.90 Å². The molecule has 102 valence electrons. The molecule has 2 rings (SSSR count). The number of fused-ring (bicyclic) bond motifs is 1. The number of carbonyl (C=O) groups is 1. The average Bonchev–Trinajstić information content (AvgIpc) is 2.77. The van der Waals surface area contributed by atoms with Gasteiger partial charge in [0.05, 0.1) is 11.7 Å². The Hall–Kier alpha value is -2.01. The van der Waals surface area contributed by atoms with Crippen molar-refractivity contribution in [2.24, 2.45) is 0 Å². The van der Waals surface area contributed by atoms with Crippen LogP contribution in [0.25, 0.3) is 10.9 Å². The van der Waals surface area contributed by atoms with Gasteiger partial charge in [-0.25, -0.2) is 0 Å². The van der Waals surface area contributed by atoms with Crippen molar-refractivity contribution in [1.29, 1.82) is 0 Å². The van der Waals surface area contributed by atoms with Crippen molar-refractivity contribution in [1.82, 2.24) is 9.88 Å². The van der Waals surface area contributed by atoms with Crippen LogP contribution in [0.15, 0.2) is 24.4 Å². The molecule has 2 aromatic rings. The second-order valence-electron chi connectivity index (χ2n) is 4.87. The highest BCUT2D eigenvalue weighted by molar-refractivity contribution is 6.07. The quantitative estimate of drug-likeness (QED) is 0.731. The van der Waals surface area contributed by atoms with Crippen molar-refractivity contribution in [3.05, 3.63) is 30.0 Å². The molecular formula is C14H19N3O2. The highest BCUT2D eigenvalue weighted by atomic mass is 16.3. The maximum absolute atomic E-state index is 12.3. The van der Waals surface area contributed by atoms with Crippen molar-refractivity contribution in [3.63, 3.8) is 0 Å². The second kappa shape index (κ2) is 5.32. The fraction of sp³-hybridized carbons (Fsp3) is 0.357. The van der Waals surface area contributed by atoms with Gasteiger partial charge in [0.15, 0.2) is 0 Å². The fourth-order valence-electron chi connectivity index (χ4n) is 2.00. The molecule has 0 aliphatic carbocycles. The van der Waals surface area contributed by atoms with Gasteiger partial charge in [-0.15, -0.1) is 0 Å². The zero-order valence-corrected chi connectivity index (χ0v) is 11.2. The van der Waals surface area contributed by atoms with E-state index in [1.807, 2.05) is 6.07 Å². The number of hydrogen-bond acceptors (Lipinski definition) is 3. The first-order chi connectivity index (χ1) is 8.99. The van der Waals surface area contributed by atoms with E-state index in [1.165, 1.54) is 0 Å². The zero-order chi connectivity index (χ0) is 14.0. The Morgan fingerprint density at radius 2 is 2.26 bits per heavy atom. The number of aromatic nitrogens is 1. The largest absolute Gasteiger partial charge is 0.399 e. The molecule has 1 unspecified atom stereocenters. The van der Waals surface area contributed by atoms with Gasteiger partial charge in [0.1, 0.15) is 0 Å². The van der Waals surface area contributed by atoms with E-state index in [4.69, 9.17) is 5.73 Å². The lowest BCUT2D eigenvalue weighted by molar-refractivity contribution is 0.0771. The maximum Gasteiger partial charge on any atom is 0.255 e. The van der Waals surface area contributed by atoms with Gasteiger partial charge < -0.3 is 20.7 Å². The van der Waals surface area contributed by atoms with E-state index in [0.29, 0.717) is 24.2 Å². The summed E-state index contributed by atoms with van der Waals surface area (Å²) in [6, 6.07) is 5.45. The molecule has 0 aliphatic rings. The third-order valence-corrected chi connectivity index (χ3v) is 3.17. The number of benzene rings is 1. The summed E-state index contributed by atoms with van der Waals surface area (Å²) < 4.78 is 0. The fourth-order valence-corrected chi connectivity index (χ4v) is 2.00. The molecule has 1 atom stereocenters. The predicted octanol–water partition coefficient (Wildman–Crippen LogP) is 1.59. The second-order valence-corrected chi connectivity index (χ2v) is 4.87. The number of nitrogens with one attached hydrogen (secondary N) is 1. The van der Waals surface area contributed by atoms with Crippen LogP contribution < -0.4 is 5.73 Å². The molecule has 0 radical (unpaired) electrons. The number of aliphatic hydroxyl groups is 1. The van der Waals surface area contributed by atoms with E-state index < -0.39 is 6.10 Å². The number of amides is 1. The van der Waals surface area contributed by atoms with Crippen LogP contribution in [0.1, 0.15) is 23.7 Å². The molecule has 1 aromatic heterocycles. The van der Waals surface area contributed by atoms with Crippen molar-refractivity contribution in [2.75, 3.05) is 19.3 Å². The van der Waals surface area contributed by atoms with E-state index in [2.05, 4.69) is 4.98 Å². The third kappa shape index (κ3) is 2.88. The molecular weight excluding hydrogens is 242 g/mol. The molecule has 1 heterocycles. The molecule has 1 aromatic carbocycles. The highest BCUT2D eigenvalue weighted by Gasteiger charge is 2.16. The van der Waals surface area contributed by atoms with Gasteiger partial charge in [-0.1, -0.05) is 0 Å². The smallest absolute Gasteiger partial charge is 0.255 e. The van der Waals surface area contributed by atoms with E-state index >= 15 is 0 Å². The summed E-state index contributed by atoms with van der Waals surface area (Å²) in [5.41, 5.74) is 7.88. The van der Waals surface area contributed by atoms with E-state index in [-0.39, 0.29) is 5.91 Å². The minimum atomic E-state index is -0.408. The molecule has 0 aliphatic heterocycles. The van der Waals surface area contributed by atoms with Crippen LogP contribution in [0.5, 0.6) is 0 Å². The number of nitrogens with zero attached hydrogens (tertiary/aromatic N) is 1. The number of aromatic amines is 1. The summed E-state index contributed by atoms with van der Waals surface area (Å²) in [4.78, 5) is 17.0. The molecule has 0 saturated carbocycles. The maximum atomic E-state index is 12.3. The Bertz CT molecular complexity index is 589. The lowest BCUT2D eigenvalue weighted by atomic mass is 10.1. The van der Waals surface area contributed by atoms with Crippen LogP contribution in [0.3, 0.4) is 0 Å². The lowest BCUT2D eigenvalue weighted by Gasteiger charge is -2.17. The first-order valence-electron chi connectivity index (χ1n) is 6.29. The molecule has 19 heavy (non-hydrogen) atoms. The van der Waals surface area contributed by atoms with E-state index in [0.717, 1.165) is 10.9 Å². The standard InChI is InChI=1S/C14H19N3O2/c1-9(18)5-6-17(2)14(19)12-8-16-13-4-3-10(15)7-11(12)13/h3-4,7-9,16,18H,5-6,15H2,1-2H3. The Kier molecular flexibility index (Phi) is 3.76. The number of hydrogen-bond donors (Lipinski definition) is 3. The van der Waals surface area contributed by atoms with Gasteiger partial charge in [0, 0.05) is 36.4 Å². The van der Waals surface area contributed by atoms with Crippen molar-refractivity contribution in [3.8, 4) is 0 Å². The topological polar surface area (TPSA) is 82.3 Å². The van der Waals surface area contributed by atoms with Crippen LogP contribution in [-0.4, -0.2) is 40.6 Å². The Labute approximate surface area is 112 Å². The van der Waals surface area contributed by atoms with Gasteiger partial charge in [-0.2, -0.15) is 0 Å². The van der Waals surface area contributed by atoms with Gasteiger partial charge >= 0.3 is 0 Å². The number of H-pyrrole nitrogens is 1. The zero-order valence-electron chi connectivity index (χ0n) is 11.2. The number of anilines is 1. The SMILES string of the molecule is CC(O)CCN(C)C(=O)c1c[nH]c2ccc(N)cc12. The lowest BCUT2D eigenvalue weighted by Crippen LogP contribution is -2.29.